The molecule has 1 unspecified atom stereocenters. The number of anilines is 2. The molecule has 6 rings (SSSR count). The number of pyridine rings is 2. The van der Waals surface area contributed by atoms with E-state index in [9.17, 15) is 14.7 Å². The van der Waals surface area contributed by atoms with E-state index >= 15 is 0 Å². The molecule has 194 valence electrons. The molecule has 3 aromatic rings. The number of nitrogens with zero attached hydrogens (tertiary/aromatic N) is 5. The van der Waals surface area contributed by atoms with Gasteiger partial charge in [-0.1, -0.05) is 11.8 Å². The second-order valence-electron chi connectivity index (χ2n) is 9.25. The van der Waals surface area contributed by atoms with Gasteiger partial charge in [0, 0.05) is 36.8 Å². The van der Waals surface area contributed by atoms with Gasteiger partial charge in [-0.05, 0) is 43.7 Å². The van der Waals surface area contributed by atoms with Gasteiger partial charge >= 0.3 is 0 Å². The summed E-state index contributed by atoms with van der Waals surface area (Å²) in [5, 5.41) is 18.4. The highest BCUT2D eigenvalue weighted by Crippen LogP contribution is 2.38. The van der Waals surface area contributed by atoms with Crippen LogP contribution in [-0.2, 0) is 16.1 Å². The van der Waals surface area contributed by atoms with Crippen molar-refractivity contribution in [3.8, 4) is 5.75 Å². The van der Waals surface area contributed by atoms with Crippen LogP contribution < -0.4 is 25.8 Å². The lowest BCUT2D eigenvalue weighted by molar-refractivity contribution is -0.118. The SMILES string of the molecule is CSc1ncc2ccc(=O)n(CCN[C@H]3CC[C@H]4[C@@H](C3)OC(O)N4c3ccc4c(n3)NC(=O)CO4)c2n1. The van der Waals surface area contributed by atoms with E-state index in [4.69, 9.17) is 9.47 Å². The number of nitrogens with one attached hydrogen (secondary N) is 2. The van der Waals surface area contributed by atoms with Gasteiger partial charge in [0.1, 0.15) is 11.5 Å². The van der Waals surface area contributed by atoms with Crippen molar-refractivity contribution in [2.24, 2.45) is 0 Å². The molecular weight excluding hydrogens is 498 g/mol. The lowest BCUT2D eigenvalue weighted by Gasteiger charge is -2.35. The molecule has 0 aromatic carbocycles. The molecular formula is C24H27N7O5S. The molecule has 0 spiro atoms. The highest BCUT2D eigenvalue weighted by atomic mass is 32.2. The Balaban J connectivity index is 1.10. The standard InChI is InChI=1S/C24H27N7O5S/c1-37-23-26-11-13-2-7-20(33)30(22(13)29-23)9-8-25-14-3-4-15-17(10-14)36-24(34)31(15)18-6-5-16-21(27-18)28-19(32)12-35-16/h2,5-7,11,14-15,17,24-25,34H,3-4,8-10,12H2,1H3,(H,27,28,32)/t14-,15-,17+,24?/m0/s1. The Morgan fingerprint density at radius 3 is 2.97 bits per heavy atom. The Morgan fingerprint density at radius 1 is 1.22 bits per heavy atom. The van der Waals surface area contributed by atoms with Gasteiger partial charge in [0.25, 0.3) is 11.5 Å². The number of amides is 1. The van der Waals surface area contributed by atoms with Crippen molar-refractivity contribution < 1.29 is 19.4 Å². The van der Waals surface area contributed by atoms with Crippen molar-refractivity contribution in [1.82, 2.24) is 24.8 Å². The predicted molar refractivity (Wildman–Crippen MR) is 137 cm³/mol. The van der Waals surface area contributed by atoms with Crippen LogP contribution in [0.25, 0.3) is 11.0 Å². The fraction of sp³-hybridized carbons (Fsp3) is 0.458. The first-order chi connectivity index (χ1) is 18.0. The van der Waals surface area contributed by atoms with Gasteiger partial charge in [-0.2, -0.15) is 0 Å². The van der Waals surface area contributed by atoms with Crippen LogP contribution in [0.15, 0.2) is 40.4 Å². The van der Waals surface area contributed by atoms with Gasteiger partial charge in [-0.15, -0.1) is 0 Å². The van der Waals surface area contributed by atoms with Crippen molar-refractivity contribution in [3.63, 3.8) is 0 Å². The number of thioether (sulfide) groups is 1. The monoisotopic (exact) mass is 525 g/mol. The topological polar surface area (TPSA) is 144 Å². The Morgan fingerprint density at radius 2 is 2.11 bits per heavy atom. The lowest BCUT2D eigenvalue weighted by Crippen LogP contribution is -2.47. The average Bonchev–Trinajstić information content (AvgIpc) is 3.24. The number of fused-ring (bicyclic) bond motifs is 3. The fourth-order valence-electron chi connectivity index (χ4n) is 5.28. The number of ether oxygens (including phenoxy) is 2. The second kappa shape index (κ2) is 9.89. The number of aliphatic hydroxyl groups is 1. The molecule has 0 bridgehead atoms. The van der Waals surface area contributed by atoms with Gasteiger partial charge in [-0.25, -0.2) is 15.0 Å². The summed E-state index contributed by atoms with van der Waals surface area (Å²) in [5.74, 6) is 1.11. The first-order valence-electron chi connectivity index (χ1n) is 12.2. The van der Waals surface area contributed by atoms with Crippen LogP contribution in [0, 0.1) is 0 Å². The molecule has 1 aliphatic carbocycles. The van der Waals surface area contributed by atoms with E-state index in [2.05, 4.69) is 25.6 Å². The molecule has 3 aliphatic rings. The highest BCUT2D eigenvalue weighted by molar-refractivity contribution is 7.98. The van der Waals surface area contributed by atoms with Gasteiger partial charge < -0.3 is 30.1 Å². The molecule has 0 radical (unpaired) electrons. The molecule has 2 fully saturated rings. The average molecular weight is 526 g/mol. The van der Waals surface area contributed by atoms with E-state index in [-0.39, 0.29) is 36.3 Å². The fourth-order valence-corrected chi connectivity index (χ4v) is 5.62. The van der Waals surface area contributed by atoms with E-state index in [0.29, 0.717) is 47.7 Å². The zero-order valence-corrected chi connectivity index (χ0v) is 21.0. The summed E-state index contributed by atoms with van der Waals surface area (Å²) >= 11 is 1.44. The van der Waals surface area contributed by atoms with Crippen molar-refractivity contribution >= 4 is 40.3 Å². The van der Waals surface area contributed by atoms with Crippen LogP contribution in [0.2, 0.25) is 0 Å². The minimum absolute atomic E-state index is 0.0374. The quantitative estimate of drug-likeness (QED) is 0.312. The first kappa shape index (κ1) is 24.1. The molecule has 5 heterocycles. The van der Waals surface area contributed by atoms with Crippen molar-refractivity contribution in [2.45, 2.75) is 55.6 Å². The molecule has 12 nitrogen and oxygen atoms in total. The molecule has 1 saturated heterocycles. The maximum atomic E-state index is 12.6. The van der Waals surface area contributed by atoms with E-state index in [0.717, 1.165) is 18.2 Å². The number of carbonyl (C=O) groups is 1. The zero-order valence-electron chi connectivity index (χ0n) is 20.2. The number of hydrogen-bond donors (Lipinski definition) is 3. The zero-order chi connectivity index (χ0) is 25.5. The van der Waals surface area contributed by atoms with E-state index in [1.54, 1.807) is 39.9 Å². The number of carbonyl (C=O) groups excluding carboxylic acids is 1. The third-order valence-corrected chi connectivity index (χ3v) is 7.59. The molecule has 37 heavy (non-hydrogen) atoms. The Labute approximate surface area is 216 Å². The van der Waals surface area contributed by atoms with Crippen LogP contribution in [0.3, 0.4) is 0 Å². The Kier molecular flexibility index (Phi) is 6.44. The number of hydrogen-bond acceptors (Lipinski definition) is 11. The number of aromatic nitrogens is 4. The van der Waals surface area contributed by atoms with E-state index in [1.807, 2.05) is 6.26 Å². The largest absolute Gasteiger partial charge is 0.480 e. The summed E-state index contributed by atoms with van der Waals surface area (Å²) < 4.78 is 13.0. The van der Waals surface area contributed by atoms with Crippen LogP contribution >= 0.6 is 11.8 Å². The molecule has 3 N–H and O–H groups in total. The maximum absolute atomic E-state index is 12.6. The van der Waals surface area contributed by atoms with Crippen LogP contribution in [-0.4, -0.2) is 74.5 Å². The van der Waals surface area contributed by atoms with Gasteiger partial charge in [0.05, 0.1) is 12.1 Å². The number of aliphatic hydroxyl groups excluding tert-OH is 1. The molecule has 4 atom stereocenters. The number of rotatable bonds is 6. The smallest absolute Gasteiger partial charge is 0.263 e. The summed E-state index contributed by atoms with van der Waals surface area (Å²) in [6.07, 6.45) is 4.72. The normalized spacial score (nSPS) is 24.9. The van der Waals surface area contributed by atoms with Crippen molar-refractivity contribution in [2.75, 3.05) is 29.6 Å². The molecule has 1 saturated carbocycles. The maximum Gasteiger partial charge on any atom is 0.263 e. The molecule has 3 aromatic heterocycles. The predicted octanol–water partition coefficient (Wildman–Crippen LogP) is 0.931. The summed E-state index contributed by atoms with van der Waals surface area (Å²) in [7, 11) is 0. The van der Waals surface area contributed by atoms with Gasteiger partial charge in [-0.3, -0.25) is 14.2 Å². The Hall–Kier alpha value is -3.26. The summed E-state index contributed by atoms with van der Waals surface area (Å²) in [5.41, 5.74) is 0.537. The van der Waals surface area contributed by atoms with Gasteiger partial charge in [0.2, 0.25) is 6.41 Å². The minimum atomic E-state index is -1.13. The third-order valence-electron chi connectivity index (χ3n) is 7.03. The van der Waals surface area contributed by atoms with Gasteiger partial charge in [0.15, 0.2) is 23.3 Å². The third kappa shape index (κ3) is 4.63. The first-order valence-corrected chi connectivity index (χ1v) is 13.4. The summed E-state index contributed by atoms with van der Waals surface area (Å²) in [4.78, 5) is 39.3. The van der Waals surface area contributed by atoms with Crippen LogP contribution in [0.1, 0.15) is 19.3 Å². The van der Waals surface area contributed by atoms with Crippen LogP contribution in [0.5, 0.6) is 5.75 Å². The molecule has 13 heteroatoms. The highest BCUT2D eigenvalue weighted by Gasteiger charge is 2.45. The van der Waals surface area contributed by atoms with Crippen molar-refractivity contribution in [1.29, 1.82) is 0 Å². The van der Waals surface area contributed by atoms with E-state index in [1.165, 1.54) is 11.8 Å². The Bertz CT molecular complexity index is 1400. The van der Waals surface area contributed by atoms with Crippen molar-refractivity contribution in [3.05, 3.63) is 40.8 Å². The second-order valence-corrected chi connectivity index (χ2v) is 10.0. The molecule has 2 aliphatic heterocycles. The minimum Gasteiger partial charge on any atom is -0.480 e. The van der Waals surface area contributed by atoms with E-state index < -0.39 is 6.41 Å². The summed E-state index contributed by atoms with van der Waals surface area (Å²) in [6, 6.07) is 6.95. The lowest BCUT2D eigenvalue weighted by atomic mass is 9.88. The summed E-state index contributed by atoms with van der Waals surface area (Å²) in [6.45, 7) is 1.04. The molecule has 1 amide bonds. The van der Waals surface area contributed by atoms with Crippen LogP contribution in [0.4, 0.5) is 11.6 Å².